The lowest BCUT2D eigenvalue weighted by Crippen LogP contribution is -2.18. The molecule has 0 spiro atoms. The fourth-order valence-corrected chi connectivity index (χ4v) is 0. The molecule has 0 unspecified atom stereocenters. The zero-order valence-corrected chi connectivity index (χ0v) is 6.37. The Balaban J connectivity index is 0. The van der Waals surface area contributed by atoms with Crippen molar-refractivity contribution in [3.8, 4) is 0 Å². The van der Waals surface area contributed by atoms with Crippen LogP contribution >= 0.6 is 21.4 Å². The van der Waals surface area contributed by atoms with Gasteiger partial charge in [0, 0.05) is 21.4 Å². The second-order valence-electron chi connectivity index (χ2n) is 0.781. The molecule has 0 bridgehead atoms. The van der Waals surface area contributed by atoms with E-state index < -0.39 is 14.3 Å². The van der Waals surface area contributed by atoms with Gasteiger partial charge in [0.2, 0.25) is 0 Å². The van der Waals surface area contributed by atoms with E-state index in [9.17, 15) is 0 Å². The summed E-state index contributed by atoms with van der Waals surface area (Å²) in [7, 11) is 4.81. The normalized spacial score (nSPS) is 9.11. The molecule has 0 aromatic rings. The van der Waals surface area contributed by atoms with Crippen LogP contribution in [0.15, 0.2) is 0 Å². The van der Waals surface area contributed by atoms with Crippen molar-refractivity contribution in [3.63, 3.8) is 0 Å². The highest BCUT2D eigenvalue weighted by Crippen LogP contribution is 1.98. The van der Waals surface area contributed by atoms with Gasteiger partial charge in [-0.25, -0.2) is 4.79 Å². The van der Waals surface area contributed by atoms with Crippen LogP contribution in [0.5, 0.6) is 0 Å². The third kappa shape index (κ3) is 6560. The third-order valence-corrected chi connectivity index (χ3v) is 0. The first kappa shape index (κ1) is 11.6. The number of primary amides is 2. The lowest BCUT2D eigenvalue weighted by molar-refractivity contribution is 0.256. The molecule has 0 aromatic carbocycles. The Bertz CT molecular complexity index is 162. The molecule has 9 heavy (non-hydrogen) atoms. The van der Waals surface area contributed by atoms with Gasteiger partial charge in [-0.15, -0.1) is 0 Å². The monoisotopic (exact) mass is 194 g/mol. The molecule has 4 N–H and O–H groups in total. The van der Waals surface area contributed by atoms with Crippen molar-refractivity contribution in [2.75, 3.05) is 0 Å². The van der Waals surface area contributed by atoms with Gasteiger partial charge >= 0.3 is 14.3 Å². The number of rotatable bonds is 0. The molecule has 0 atom stereocenters. The van der Waals surface area contributed by atoms with Gasteiger partial charge in [0.25, 0.3) is 0 Å². The van der Waals surface area contributed by atoms with Crippen molar-refractivity contribution in [2.24, 2.45) is 11.5 Å². The van der Waals surface area contributed by atoms with Crippen LogP contribution in [0.3, 0.4) is 0 Å². The highest BCUT2D eigenvalue weighted by Gasteiger charge is 1.88. The Morgan fingerprint density at radius 2 is 1.22 bits per heavy atom. The van der Waals surface area contributed by atoms with E-state index in [4.69, 9.17) is 13.2 Å². The fraction of sp³-hybridized carbons (Fsp3) is 0. The molecule has 0 rings (SSSR count). The minimum absolute atomic E-state index is 0.833. The summed E-state index contributed by atoms with van der Waals surface area (Å²) in [6.45, 7) is 0. The lowest BCUT2D eigenvalue weighted by atomic mass is 11.2. The maximum atomic E-state index is 9.16. The van der Waals surface area contributed by atoms with Gasteiger partial charge in [0.05, 0.1) is 0 Å². The van der Waals surface area contributed by atoms with Crippen LogP contribution in [0.2, 0.25) is 0 Å². The number of halogens is 2. The number of nitrogens with two attached hydrogens (primary N) is 2. The summed E-state index contributed by atoms with van der Waals surface area (Å²) in [5.74, 6) is 0. The van der Waals surface area contributed by atoms with Crippen molar-refractivity contribution in [3.05, 3.63) is 0 Å². The number of amides is 2. The van der Waals surface area contributed by atoms with Crippen molar-refractivity contribution >= 4 is 35.7 Å². The van der Waals surface area contributed by atoms with E-state index in [2.05, 4.69) is 32.8 Å². The molecule has 0 aromatic heterocycles. The first-order valence-electron chi connectivity index (χ1n) is 1.42. The highest BCUT2D eigenvalue weighted by atomic mass is 36.0. The summed E-state index contributed by atoms with van der Waals surface area (Å²) < 4.78 is 18.3. The van der Waals surface area contributed by atoms with E-state index >= 15 is 0 Å². The third-order valence-electron chi connectivity index (χ3n) is 0. The Hall–Kier alpha value is -0.200. The first-order chi connectivity index (χ1) is 3.73. The van der Waals surface area contributed by atoms with Gasteiger partial charge in [-0.2, -0.15) is 8.42 Å². The van der Waals surface area contributed by atoms with Crippen LogP contribution in [-0.4, -0.2) is 14.4 Å². The predicted molar refractivity (Wildman–Crippen MR) is 34.4 cm³/mol. The van der Waals surface area contributed by atoms with Crippen LogP contribution in [0.4, 0.5) is 4.79 Å². The maximum absolute atomic E-state index is 9.16. The van der Waals surface area contributed by atoms with Crippen LogP contribution in [0.1, 0.15) is 0 Å². The summed E-state index contributed by atoms with van der Waals surface area (Å²) >= 11 is 0. The molecule has 0 fully saturated rings. The van der Waals surface area contributed by atoms with Crippen molar-refractivity contribution < 1.29 is 13.2 Å². The summed E-state index contributed by atoms with van der Waals surface area (Å²) in [5.41, 5.74) is 8.50. The zero-order valence-electron chi connectivity index (χ0n) is 4.04. The number of hydrogen-bond donors (Lipinski definition) is 2. The molecule has 0 aliphatic carbocycles. The molecule has 0 radical (unpaired) electrons. The van der Waals surface area contributed by atoms with Crippen LogP contribution in [0.25, 0.3) is 0 Å². The van der Waals surface area contributed by atoms with Gasteiger partial charge in [-0.1, -0.05) is 0 Å². The Morgan fingerprint density at radius 1 is 1.22 bits per heavy atom. The summed E-state index contributed by atoms with van der Waals surface area (Å²) in [6.07, 6.45) is 0. The summed E-state index contributed by atoms with van der Waals surface area (Å²) in [4.78, 5) is 9.00. The fourth-order valence-electron chi connectivity index (χ4n) is 0. The van der Waals surface area contributed by atoms with Crippen LogP contribution in [0, 0.1) is 0 Å². The van der Waals surface area contributed by atoms with Gasteiger partial charge in [0.1, 0.15) is 0 Å². The van der Waals surface area contributed by atoms with Crippen molar-refractivity contribution in [1.82, 2.24) is 0 Å². The van der Waals surface area contributed by atoms with Crippen molar-refractivity contribution in [1.29, 1.82) is 0 Å². The number of urea groups is 1. The van der Waals surface area contributed by atoms with Gasteiger partial charge < -0.3 is 11.5 Å². The van der Waals surface area contributed by atoms with Gasteiger partial charge in [-0.3, -0.25) is 0 Å². The van der Waals surface area contributed by atoms with Crippen LogP contribution in [-0.2, 0) is 8.26 Å². The second kappa shape index (κ2) is 4.66. The number of hydrogen-bond acceptors (Lipinski definition) is 3. The van der Waals surface area contributed by atoms with E-state index in [0.717, 1.165) is 0 Å². The minimum atomic E-state index is -3.72. The topological polar surface area (TPSA) is 103 Å². The Morgan fingerprint density at radius 3 is 1.22 bits per heavy atom. The largest absolute Gasteiger partial charge is 0.352 e. The summed E-state index contributed by atoms with van der Waals surface area (Å²) in [6, 6.07) is -0.833. The number of carbonyl (C=O) groups is 1. The number of carbonyl (C=O) groups excluding carboxylic acids is 1. The molecule has 2 amide bonds. The standard InChI is InChI=1S/CH4N2O.Cl2O2S/c2-1(3)4;1-5(2,3)4/h(H4,2,3,4);. The van der Waals surface area contributed by atoms with E-state index in [1.54, 1.807) is 0 Å². The maximum Gasteiger partial charge on any atom is 0.317 e. The molecule has 5 nitrogen and oxygen atoms in total. The van der Waals surface area contributed by atoms with Crippen molar-refractivity contribution in [2.45, 2.75) is 0 Å². The molecule has 8 heteroatoms. The SMILES string of the molecule is NC(N)=O.O=S(=O)(Cl)Cl. The average Bonchev–Trinajstić information content (AvgIpc) is 1.19. The van der Waals surface area contributed by atoms with E-state index in [0.29, 0.717) is 0 Å². The molecule has 56 valence electrons. The van der Waals surface area contributed by atoms with E-state index in [1.165, 1.54) is 0 Å². The smallest absolute Gasteiger partial charge is 0.317 e. The predicted octanol–water partition coefficient (Wildman–Crippen LogP) is -0.267. The molecule has 0 saturated carbocycles. The van der Waals surface area contributed by atoms with Crippen LogP contribution < -0.4 is 11.5 Å². The highest BCUT2D eigenvalue weighted by molar-refractivity contribution is 8.31. The Labute approximate surface area is 60.8 Å². The molecule has 0 saturated heterocycles. The second-order valence-corrected chi connectivity index (χ2v) is 4.45. The average molecular weight is 195 g/mol. The molecular formula is CH4Cl2N2O3S. The molecule has 0 aliphatic heterocycles. The quantitative estimate of drug-likeness (QED) is 0.520. The lowest BCUT2D eigenvalue weighted by Gasteiger charge is -1.62. The molecular weight excluding hydrogens is 191 g/mol. The molecule has 0 heterocycles. The molecule has 0 aliphatic rings. The minimum Gasteiger partial charge on any atom is -0.352 e. The van der Waals surface area contributed by atoms with Gasteiger partial charge in [-0.05, 0) is 0 Å². The zero-order chi connectivity index (χ0) is 8.08. The van der Waals surface area contributed by atoms with E-state index in [-0.39, 0.29) is 0 Å². The van der Waals surface area contributed by atoms with Gasteiger partial charge in [0.15, 0.2) is 0 Å². The summed E-state index contributed by atoms with van der Waals surface area (Å²) in [5, 5.41) is 0. The Kier molecular flexibility index (Phi) is 5.99. The first-order valence-corrected chi connectivity index (χ1v) is 4.56. The van der Waals surface area contributed by atoms with E-state index in [1.807, 2.05) is 0 Å².